The zero-order valence-corrected chi connectivity index (χ0v) is 15.8. The van der Waals surface area contributed by atoms with Crippen LogP contribution in [-0.4, -0.2) is 23.0 Å². The minimum absolute atomic E-state index is 0.154. The van der Waals surface area contributed by atoms with Crippen molar-refractivity contribution in [3.05, 3.63) is 77.5 Å². The molecular weight excluding hydrogens is 382 g/mol. The number of amides is 1. The van der Waals surface area contributed by atoms with Crippen LogP contribution < -0.4 is 10.6 Å². The van der Waals surface area contributed by atoms with E-state index in [0.29, 0.717) is 23.5 Å². The summed E-state index contributed by atoms with van der Waals surface area (Å²) in [5.41, 5.74) is 1.23. The van der Waals surface area contributed by atoms with Gasteiger partial charge in [0.25, 0.3) is 5.91 Å². The molecule has 28 heavy (non-hydrogen) atoms. The summed E-state index contributed by atoms with van der Waals surface area (Å²) in [6.45, 7) is 1.89. The molecule has 1 atom stereocenters. The lowest BCUT2D eigenvalue weighted by atomic mass is 10.1. The SMILES string of the molecule is C[C@@H](OC(=O)c1ccccc1NCc1ccco1)C(=O)Nc1cccnc1Cl. The predicted octanol–water partition coefficient (Wildman–Crippen LogP) is 4.12. The van der Waals surface area contributed by atoms with E-state index in [4.69, 9.17) is 20.8 Å². The Morgan fingerprint density at radius 3 is 2.68 bits per heavy atom. The third kappa shape index (κ3) is 4.89. The monoisotopic (exact) mass is 399 g/mol. The summed E-state index contributed by atoms with van der Waals surface area (Å²) in [6.07, 6.45) is 2.06. The van der Waals surface area contributed by atoms with Crippen molar-refractivity contribution in [1.82, 2.24) is 4.98 Å². The number of nitrogens with zero attached hydrogens (tertiary/aromatic N) is 1. The second-order valence-electron chi connectivity index (χ2n) is 5.86. The second kappa shape index (κ2) is 9.05. The van der Waals surface area contributed by atoms with Crippen molar-refractivity contribution in [3.63, 3.8) is 0 Å². The molecule has 8 heteroatoms. The normalized spacial score (nSPS) is 11.5. The van der Waals surface area contributed by atoms with E-state index >= 15 is 0 Å². The topological polar surface area (TPSA) is 93.5 Å². The highest BCUT2D eigenvalue weighted by Gasteiger charge is 2.21. The van der Waals surface area contributed by atoms with E-state index in [1.165, 1.54) is 13.1 Å². The first-order chi connectivity index (χ1) is 13.5. The zero-order valence-electron chi connectivity index (χ0n) is 15.0. The maximum Gasteiger partial charge on any atom is 0.341 e. The van der Waals surface area contributed by atoms with Gasteiger partial charge in [-0.3, -0.25) is 4.79 Å². The molecule has 2 aromatic heterocycles. The maximum atomic E-state index is 12.6. The third-order valence-corrected chi connectivity index (χ3v) is 4.15. The Morgan fingerprint density at radius 1 is 1.14 bits per heavy atom. The molecule has 1 aromatic carbocycles. The Balaban J connectivity index is 1.63. The molecule has 0 spiro atoms. The van der Waals surface area contributed by atoms with Crippen LogP contribution in [0.4, 0.5) is 11.4 Å². The van der Waals surface area contributed by atoms with Gasteiger partial charge in [-0.1, -0.05) is 23.7 Å². The molecule has 0 aliphatic heterocycles. The van der Waals surface area contributed by atoms with Crippen LogP contribution in [0.1, 0.15) is 23.0 Å². The number of aromatic nitrogens is 1. The van der Waals surface area contributed by atoms with Crippen molar-refractivity contribution in [2.24, 2.45) is 0 Å². The van der Waals surface area contributed by atoms with Gasteiger partial charge in [-0.15, -0.1) is 0 Å². The van der Waals surface area contributed by atoms with Gasteiger partial charge in [0.2, 0.25) is 0 Å². The number of ether oxygens (including phenoxy) is 1. The molecule has 0 aliphatic carbocycles. The minimum atomic E-state index is -1.03. The number of carbonyl (C=O) groups is 2. The summed E-state index contributed by atoms with van der Waals surface area (Å²) in [5, 5.41) is 5.87. The molecule has 2 heterocycles. The van der Waals surface area contributed by atoms with Gasteiger partial charge < -0.3 is 19.8 Å². The number of nitrogens with one attached hydrogen (secondary N) is 2. The average Bonchev–Trinajstić information content (AvgIpc) is 3.22. The highest BCUT2D eigenvalue weighted by Crippen LogP contribution is 2.20. The van der Waals surface area contributed by atoms with Gasteiger partial charge in [-0.25, -0.2) is 9.78 Å². The maximum absolute atomic E-state index is 12.6. The van der Waals surface area contributed by atoms with Crippen LogP contribution in [0, 0.1) is 0 Å². The lowest BCUT2D eigenvalue weighted by molar-refractivity contribution is -0.123. The number of halogens is 1. The lowest BCUT2D eigenvalue weighted by Gasteiger charge is -2.15. The molecule has 1 amide bonds. The summed E-state index contributed by atoms with van der Waals surface area (Å²) in [7, 11) is 0. The summed E-state index contributed by atoms with van der Waals surface area (Å²) >= 11 is 5.92. The Labute approximate surface area is 166 Å². The van der Waals surface area contributed by atoms with E-state index in [0.717, 1.165) is 5.76 Å². The van der Waals surface area contributed by atoms with Crippen molar-refractivity contribution >= 4 is 34.9 Å². The molecule has 7 nitrogen and oxygen atoms in total. The molecule has 0 radical (unpaired) electrons. The highest BCUT2D eigenvalue weighted by molar-refractivity contribution is 6.32. The Hall–Kier alpha value is -3.32. The molecule has 0 saturated carbocycles. The standard InChI is InChI=1S/C20H18ClN3O4/c1-13(19(25)24-17-9-4-10-22-18(17)21)28-20(26)15-7-2-3-8-16(15)23-12-14-6-5-11-27-14/h2-11,13,23H,12H2,1H3,(H,24,25)/t13-/m1/s1. The first kappa shape index (κ1) is 19.4. The Morgan fingerprint density at radius 2 is 1.93 bits per heavy atom. The number of para-hydroxylation sites is 1. The van der Waals surface area contributed by atoms with Crippen LogP contribution in [0.15, 0.2) is 65.4 Å². The molecular formula is C20H18ClN3O4. The molecule has 0 saturated heterocycles. The van der Waals surface area contributed by atoms with Crippen molar-refractivity contribution < 1.29 is 18.7 Å². The van der Waals surface area contributed by atoms with Crippen molar-refractivity contribution in [1.29, 1.82) is 0 Å². The largest absolute Gasteiger partial charge is 0.467 e. The predicted molar refractivity (Wildman–Crippen MR) is 105 cm³/mol. The number of anilines is 2. The van der Waals surface area contributed by atoms with Crippen LogP contribution in [0.3, 0.4) is 0 Å². The fourth-order valence-electron chi connectivity index (χ4n) is 2.40. The quantitative estimate of drug-likeness (QED) is 0.458. The lowest BCUT2D eigenvalue weighted by Crippen LogP contribution is -2.30. The number of carbonyl (C=O) groups excluding carboxylic acids is 2. The molecule has 0 unspecified atom stereocenters. The van der Waals surface area contributed by atoms with Gasteiger partial charge in [0.1, 0.15) is 5.76 Å². The van der Waals surface area contributed by atoms with Gasteiger partial charge in [-0.05, 0) is 43.3 Å². The molecule has 144 valence electrons. The smallest absolute Gasteiger partial charge is 0.341 e. The molecule has 3 rings (SSSR count). The number of hydrogen-bond acceptors (Lipinski definition) is 6. The number of hydrogen-bond donors (Lipinski definition) is 2. The van der Waals surface area contributed by atoms with Crippen LogP contribution in [-0.2, 0) is 16.1 Å². The average molecular weight is 400 g/mol. The van der Waals surface area contributed by atoms with Crippen LogP contribution in [0.5, 0.6) is 0 Å². The van der Waals surface area contributed by atoms with Gasteiger partial charge in [-0.2, -0.15) is 0 Å². The van der Waals surface area contributed by atoms with Crippen molar-refractivity contribution in [3.8, 4) is 0 Å². The van der Waals surface area contributed by atoms with Gasteiger partial charge in [0, 0.05) is 11.9 Å². The highest BCUT2D eigenvalue weighted by atomic mass is 35.5. The van der Waals surface area contributed by atoms with Gasteiger partial charge in [0.15, 0.2) is 11.3 Å². The number of benzene rings is 1. The van der Waals surface area contributed by atoms with Gasteiger partial charge in [0.05, 0.1) is 24.1 Å². The van der Waals surface area contributed by atoms with E-state index in [-0.39, 0.29) is 5.15 Å². The minimum Gasteiger partial charge on any atom is -0.467 e. The van der Waals surface area contributed by atoms with E-state index in [2.05, 4.69) is 15.6 Å². The number of rotatable bonds is 7. The van der Waals surface area contributed by atoms with E-state index in [1.54, 1.807) is 48.7 Å². The van der Waals surface area contributed by atoms with E-state index < -0.39 is 18.0 Å². The van der Waals surface area contributed by atoms with Crippen LogP contribution in [0.25, 0.3) is 0 Å². The summed E-state index contributed by atoms with van der Waals surface area (Å²) < 4.78 is 10.6. The zero-order chi connectivity index (χ0) is 19.9. The van der Waals surface area contributed by atoms with E-state index in [1.807, 2.05) is 6.07 Å². The molecule has 0 aliphatic rings. The van der Waals surface area contributed by atoms with E-state index in [9.17, 15) is 9.59 Å². The first-order valence-electron chi connectivity index (χ1n) is 8.52. The molecule has 0 fully saturated rings. The van der Waals surface area contributed by atoms with Crippen LogP contribution in [0.2, 0.25) is 5.15 Å². The van der Waals surface area contributed by atoms with Crippen molar-refractivity contribution in [2.75, 3.05) is 10.6 Å². The van der Waals surface area contributed by atoms with Gasteiger partial charge >= 0.3 is 5.97 Å². The Kier molecular flexibility index (Phi) is 6.29. The summed E-state index contributed by atoms with van der Waals surface area (Å²) in [6, 6.07) is 13.7. The Bertz CT molecular complexity index is 960. The van der Waals surface area contributed by atoms with Crippen LogP contribution >= 0.6 is 11.6 Å². The third-order valence-electron chi connectivity index (χ3n) is 3.85. The fraction of sp³-hybridized carbons (Fsp3) is 0.150. The second-order valence-corrected chi connectivity index (χ2v) is 6.22. The first-order valence-corrected chi connectivity index (χ1v) is 8.90. The summed E-state index contributed by atoms with van der Waals surface area (Å²) in [4.78, 5) is 28.7. The molecule has 2 N–H and O–H groups in total. The van der Waals surface area contributed by atoms with Crippen molar-refractivity contribution in [2.45, 2.75) is 19.6 Å². The number of furan rings is 1. The number of pyridine rings is 1. The molecule has 3 aromatic rings. The fourth-order valence-corrected chi connectivity index (χ4v) is 2.57. The number of esters is 1. The molecule has 0 bridgehead atoms. The summed E-state index contributed by atoms with van der Waals surface area (Å²) in [5.74, 6) is -0.406.